The molecule has 0 amide bonds. The van der Waals surface area contributed by atoms with E-state index < -0.39 is 0 Å². The van der Waals surface area contributed by atoms with Gasteiger partial charge in [0.1, 0.15) is 11.3 Å². The number of hydrogen-bond donors (Lipinski definition) is 0. The highest BCUT2D eigenvalue weighted by Gasteiger charge is 2.15. The number of imidazole rings is 1. The van der Waals surface area contributed by atoms with Gasteiger partial charge in [0.2, 0.25) is 0 Å². The van der Waals surface area contributed by atoms with E-state index in [-0.39, 0.29) is 0 Å². The molecule has 0 bridgehead atoms. The van der Waals surface area contributed by atoms with E-state index in [1.54, 1.807) is 6.33 Å². The van der Waals surface area contributed by atoms with E-state index in [1.165, 1.54) is 0 Å². The van der Waals surface area contributed by atoms with Gasteiger partial charge in [0.15, 0.2) is 5.65 Å². The molecule has 0 saturated heterocycles. The Bertz CT molecular complexity index is 511. The Labute approximate surface area is 95.7 Å². The van der Waals surface area contributed by atoms with Crippen molar-refractivity contribution in [1.82, 2.24) is 19.5 Å². The number of hydrogen-bond acceptors (Lipinski definition) is 3. The van der Waals surface area contributed by atoms with Gasteiger partial charge in [-0.3, -0.25) is 0 Å². The van der Waals surface area contributed by atoms with Crippen LogP contribution in [0.25, 0.3) is 11.2 Å². The molecule has 0 radical (unpaired) electrons. The molecule has 0 fully saturated rings. The minimum Gasteiger partial charge on any atom is -0.318 e. The Balaban J connectivity index is 2.75. The van der Waals surface area contributed by atoms with Gasteiger partial charge in [0.25, 0.3) is 0 Å². The highest BCUT2D eigenvalue weighted by Crippen LogP contribution is 2.23. The quantitative estimate of drug-likeness (QED) is 0.778. The Hall–Kier alpha value is -1.45. The summed E-state index contributed by atoms with van der Waals surface area (Å²) in [5.41, 5.74) is 2.92. The molecule has 0 atom stereocenters. The van der Waals surface area contributed by atoms with E-state index in [2.05, 4.69) is 42.6 Å². The fourth-order valence-corrected chi connectivity index (χ4v) is 1.71. The third-order valence-corrected chi connectivity index (χ3v) is 2.67. The van der Waals surface area contributed by atoms with Crippen molar-refractivity contribution in [2.45, 2.75) is 39.5 Å². The highest BCUT2D eigenvalue weighted by atomic mass is 15.1. The van der Waals surface area contributed by atoms with E-state index in [9.17, 15) is 0 Å². The maximum absolute atomic E-state index is 4.63. The molecule has 16 heavy (non-hydrogen) atoms. The zero-order chi connectivity index (χ0) is 11.9. The van der Waals surface area contributed by atoms with Crippen molar-refractivity contribution in [3.8, 4) is 0 Å². The SMILES string of the molecule is CC(C)c1nc(C(C)C)c2ncn(C)c2n1. The Morgan fingerprint density at radius 3 is 2.31 bits per heavy atom. The van der Waals surface area contributed by atoms with E-state index in [0.29, 0.717) is 11.8 Å². The van der Waals surface area contributed by atoms with Gasteiger partial charge in [-0.25, -0.2) is 15.0 Å². The molecule has 0 aliphatic carbocycles. The topological polar surface area (TPSA) is 43.6 Å². The highest BCUT2D eigenvalue weighted by molar-refractivity contribution is 5.73. The van der Waals surface area contributed by atoms with Gasteiger partial charge in [0.05, 0.1) is 12.0 Å². The molecule has 2 aromatic heterocycles. The number of aromatic nitrogens is 4. The molecule has 0 saturated carbocycles. The lowest BCUT2D eigenvalue weighted by Crippen LogP contribution is -2.05. The van der Waals surface area contributed by atoms with Crippen LogP contribution < -0.4 is 0 Å². The first-order valence-corrected chi connectivity index (χ1v) is 5.69. The maximum Gasteiger partial charge on any atom is 0.163 e. The van der Waals surface area contributed by atoms with Crippen molar-refractivity contribution in [3.05, 3.63) is 17.8 Å². The van der Waals surface area contributed by atoms with E-state index in [1.807, 2.05) is 11.6 Å². The molecular formula is C12H18N4. The molecule has 0 unspecified atom stereocenters. The van der Waals surface area contributed by atoms with Gasteiger partial charge >= 0.3 is 0 Å². The average Bonchev–Trinajstić information content (AvgIpc) is 2.59. The summed E-state index contributed by atoms with van der Waals surface area (Å²) < 4.78 is 1.95. The lowest BCUT2D eigenvalue weighted by atomic mass is 10.1. The summed E-state index contributed by atoms with van der Waals surface area (Å²) in [6.45, 7) is 8.50. The van der Waals surface area contributed by atoms with Crippen LogP contribution in [0.3, 0.4) is 0 Å². The summed E-state index contributed by atoms with van der Waals surface area (Å²) >= 11 is 0. The smallest absolute Gasteiger partial charge is 0.163 e. The van der Waals surface area contributed by atoms with Crippen LogP contribution >= 0.6 is 0 Å². The summed E-state index contributed by atoms with van der Waals surface area (Å²) in [4.78, 5) is 13.6. The molecule has 0 spiro atoms. The molecule has 86 valence electrons. The van der Waals surface area contributed by atoms with Gasteiger partial charge in [-0.2, -0.15) is 0 Å². The van der Waals surface area contributed by atoms with Gasteiger partial charge in [0, 0.05) is 13.0 Å². The van der Waals surface area contributed by atoms with Crippen LogP contribution in [0.4, 0.5) is 0 Å². The van der Waals surface area contributed by atoms with Gasteiger partial charge in [-0.15, -0.1) is 0 Å². The molecule has 4 nitrogen and oxygen atoms in total. The molecule has 0 aromatic carbocycles. The molecule has 2 aromatic rings. The van der Waals surface area contributed by atoms with Crippen molar-refractivity contribution in [2.24, 2.45) is 7.05 Å². The number of nitrogens with zero attached hydrogens (tertiary/aromatic N) is 4. The second-order valence-electron chi connectivity index (χ2n) is 4.80. The zero-order valence-electron chi connectivity index (χ0n) is 10.5. The van der Waals surface area contributed by atoms with Crippen molar-refractivity contribution in [3.63, 3.8) is 0 Å². The van der Waals surface area contributed by atoms with Crippen LogP contribution in [0.5, 0.6) is 0 Å². The fourth-order valence-electron chi connectivity index (χ4n) is 1.71. The van der Waals surface area contributed by atoms with Gasteiger partial charge < -0.3 is 4.57 Å². The van der Waals surface area contributed by atoms with E-state index in [0.717, 1.165) is 22.7 Å². The largest absolute Gasteiger partial charge is 0.318 e. The predicted molar refractivity (Wildman–Crippen MR) is 64.5 cm³/mol. The van der Waals surface area contributed by atoms with Crippen molar-refractivity contribution in [2.75, 3.05) is 0 Å². The number of fused-ring (bicyclic) bond motifs is 1. The fraction of sp³-hybridized carbons (Fsp3) is 0.583. The third kappa shape index (κ3) is 1.68. The van der Waals surface area contributed by atoms with Gasteiger partial charge in [-0.1, -0.05) is 27.7 Å². The van der Waals surface area contributed by atoms with Crippen LogP contribution in [0.2, 0.25) is 0 Å². The number of aryl methyl sites for hydroxylation is 1. The third-order valence-electron chi connectivity index (χ3n) is 2.67. The molecule has 0 aliphatic heterocycles. The number of rotatable bonds is 2. The second-order valence-corrected chi connectivity index (χ2v) is 4.80. The zero-order valence-corrected chi connectivity index (χ0v) is 10.5. The minimum absolute atomic E-state index is 0.344. The Morgan fingerprint density at radius 1 is 1.06 bits per heavy atom. The first-order chi connectivity index (χ1) is 7.50. The summed E-state index contributed by atoms with van der Waals surface area (Å²) in [6, 6.07) is 0. The molecule has 0 N–H and O–H groups in total. The Morgan fingerprint density at radius 2 is 1.75 bits per heavy atom. The molecule has 4 heteroatoms. The molecule has 2 heterocycles. The Kier molecular flexibility index (Phi) is 2.66. The maximum atomic E-state index is 4.63. The van der Waals surface area contributed by atoms with E-state index in [4.69, 9.17) is 0 Å². The molecular weight excluding hydrogens is 200 g/mol. The van der Waals surface area contributed by atoms with Crippen molar-refractivity contribution < 1.29 is 0 Å². The monoisotopic (exact) mass is 218 g/mol. The summed E-state index contributed by atoms with van der Waals surface area (Å²) in [5, 5.41) is 0. The summed E-state index contributed by atoms with van der Waals surface area (Å²) in [7, 11) is 1.97. The van der Waals surface area contributed by atoms with Crippen molar-refractivity contribution in [1.29, 1.82) is 0 Å². The van der Waals surface area contributed by atoms with Crippen LogP contribution in [-0.2, 0) is 7.05 Å². The summed E-state index contributed by atoms with van der Waals surface area (Å²) in [6.07, 6.45) is 1.80. The standard InChI is InChI=1S/C12H18N4/c1-7(2)9-10-12(16(5)6-13-10)15-11(14-9)8(3)4/h6-8H,1-5H3. The normalized spacial score (nSPS) is 11.9. The molecule has 0 aliphatic rings. The first-order valence-electron chi connectivity index (χ1n) is 5.69. The van der Waals surface area contributed by atoms with Crippen LogP contribution in [0.15, 0.2) is 6.33 Å². The van der Waals surface area contributed by atoms with Crippen LogP contribution in [-0.4, -0.2) is 19.5 Å². The summed E-state index contributed by atoms with van der Waals surface area (Å²) in [5.74, 6) is 1.62. The lowest BCUT2D eigenvalue weighted by molar-refractivity contribution is 0.737. The average molecular weight is 218 g/mol. The van der Waals surface area contributed by atoms with Gasteiger partial charge in [-0.05, 0) is 5.92 Å². The first kappa shape index (κ1) is 11.0. The van der Waals surface area contributed by atoms with Crippen LogP contribution in [0, 0.1) is 0 Å². The molecule has 2 rings (SSSR count). The second kappa shape index (κ2) is 3.85. The minimum atomic E-state index is 0.344. The van der Waals surface area contributed by atoms with E-state index >= 15 is 0 Å². The predicted octanol–water partition coefficient (Wildman–Crippen LogP) is 2.61. The van der Waals surface area contributed by atoms with Crippen LogP contribution in [0.1, 0.15) is 51.0 Å². The lowest BCUT2D eigenvalue weighted by Gasteiger charge is -2.10. The van der Waals surface area contributed by atoms with Crippen molar-refractivity contribution >= 4 is 11.2 Å².